The summed E-state index contributed by atoms with van der Waals surface area (Å²) in [5.74, 6) is 0.743. The second-order valence-corrected chi connectivity index (χ2v) is 3.43. The number of methoxy groups -OCH3 is 3. The molecule has 0 atom stereocenters. The standard InChI is InChI=1S/C12H16O5.C2H6/c1-15-9-6-8(4-5-11(13)14)7-10(16-2)12(9)17-3;1-2/h6-7H,4-5H2,1-3H3,(H,13,14);1-2H3. The first-order chi connectivity index (χ1) is 9.12. The number of ether oxygens (including phenoxy) is 3. The number of rotatable bonds is 6. The normalized spacial score (nSPS) is 9.11. The van der Waals surface area contributed by atoms with Crippen molar-refractivity contribution < 1.29 is 24.1 Å². The van der Waals surface area contributed by atoms with E-state index in [2.05, 4.69) is 0 Å². The van der Waals surface area contributed by atoms with E-state index in [-0.39, 0.29) is 6.42 Å². The summed E-state index contributed by atoms with van der Waals surface area (Å²) < 4.78 is 15.5. The van der Waals surface area contributed by atoms with E-state index in [0.29, 0.717) is 23.7 Å². The third kappa shape index (κ3) is 5.07. The van der Waals surface area contributed by atoms with Gasteiger partial charge in [-0.15, -0.1) is 0 Å². The molecule has 108 valence electrons. The number of hydrogen-bond acceptors (Lipinski definition) is 4. The van der Waals surface area contributed by atoms with Crippen LogP contribution in [0.4, 0.5) is 0 Å². The van der Waals surface area contributed by atoms with E-state index in [0.717, 1.165) is 5.56 Å². The average molecular weight is 270 g/mol. The number of benzene rings is 1. The number of carbonyl (C=O) groups is 1. The molecular formula is C14H22O5. The largest absolute Gasteiger partial charge is 0.493 e. The monoisotopic (exact) mass is 270 g/mol. The molecule has 1 aromatic carbocycles. The third-order valence-electron chi connectivity index (χ3n) is 2.35. The molecule has 0 unspecified atom stereocenters. The van der Waals surface area contributed by atoms with Crippen molar-refractivity contribution in [2.75, 3.05) is 21.3 Å². The highest BCUT2D eigenvalue weighted by Crippen LogP contribution is 2.38. The zero-order chi connectivity index (χ0) is 14.8. The first-order valence-corrected chi connectivity index (χ1v) is 6.13. The van der Waals surface area contributed by atoms with Crippen molar-refractivity contribution in [3.63, 3.8) is 0 Å². The minimum Gasteiger partial charge on any atom is -0.493 e. The Bertz CT molecular complexity index is 376. The van der Waals surface area contributed by atoms with E-state index >= 15 is 0 Å². The Labute approximate surface area is 114 Å². The molecule has 0 saturated carbocycles. The van der Waals surface area contributed by atoms with Crippen molar-refractivity contribution in [3.05, 3.63) is 17.7 Å². The summed E-state index contributed by atoms with van der Waals surface area (Å²) in [6.45, 7) is 4.00. The molecule has 5 heteroatoms. The molecular weight excluding hydrogens is 248 g/mol. The first-order valence-electron chi connectivity index (χ1n) is 6.13. The Kier molecular flexibility index (Phi) is 8.17. The van der Waals surface area contributed by atoms with Crippen molar-refractivity contribution in [2.24, 2.45) is 0 Å². The van der Waals surface area contributed by atoms with Crippen LogP contribution in [-0.2, 0) is 11.2 Å². The summed E-state index contributed by atoms with van der Waals surface area (Å²) in [7, 11) is 4.58. The molecule has 0 saturated heterocycles. The van der Waals surface area contributed by atoms with Gasteiger partial charge in [-0.3, -0.25) is 4.79 Å². The van der Waals surface area contributed by atoms with Gasteiger partial charge in [0.15, 0.2) is 11.5 Å². The lowest BCUT2D eigenvalue weighted by atomic mass is 10.1. The lowest BCUT2D eigenvalue weighted by Gasteiger charge is -2.13. The van der Waals surface area contributed by atoms with Gasteiger partial charge in [0.2, 0.25) is 5.75 Å². The predicted octanol–water partition coefficient (Wildman–Crippen LogP) is 2.76. The number of carboxylic acid groups (broad SMARTS) is 1. The van der Waals surface area contributed by atoms with Crippen LogP contribution in [-0.4, -0.2) is 32.4 Å². The summed E-state index contributed by atoms with van der Waals surface area (Å²) in [4.78, 5) is 10.5. The fraction of sp³-hybridized carbons (Fsp3) is 0.500. The molecule has 0 aliphatic heterocycles. The Balaban J connectivity index is 0.00000154. The second-order valence-electron chi connectivity index (χ2n) is 3.43. The first kappa shape index (κ1) is 17.1. The Morgan fingerprint density at radius 3 is 1.84 bits per heavy atom. The van der Waals surface area contributed by atoms with E-state index in [4.69, 9.17) is 19.3 Å². The van der Waals surface area contributed by atoms with Crippen LogP contribution < -0.4 is 14.2 Å². The van der Waals surface area contributed by atoms with Crippen LogP contribution in [0.2, 0.25) is 0 Å². The molecule has 19 heavy (non-hydrogen) atoms. The van der Waals surface area contributed by atoms with Gasteiger partial charge in [0.05, 0.1) is 21.3 Å². The van der Waals surface area contributed by atoms with Crippen molar-refractivity contribution in [1.29, 1.82) is 0 Å². The highest BCUT2D eigenvalue weighted by Gasteiger charge is 2.13. The van der Waals surface area contributed by atoms with E-state index < -0.39 is 5.97 Å². The number of hydrogen-bond donors (Lipinski definition) is 1. The lowest BCUT2D eigenvalue weighted by Crippen LogP contribution is -2.00. The van der Waals surface area contributed by atoms with Crippen LogP contribution in [0.25, 0.3) is 0 Å². The fourth-order valence-corrected chi connectivity index (χ4v) is 1.53. The van der Waals surface area contributed by atoms with Crippen molar-refractivity contribution in [2.45, 2.75) is 26.7 Å². The Morgan fingerprint density at radius 2 is 1.53 bits per heavy atom. The van der Waals surface area contributed by atoms with Gasteiger partial charge in [-0.25, -0.2) is 0 Å². The third-order valence-corrected chi connectivity index (χ3v) is 2.35. The second kappa shape index (κ2) is 9.08. The zero-order valence-electron chi connectivity index (χ0n) is 12.1. The Morgan fingerprint density at radius 1 is 1.05 bits per heavy atom. The summed E-state index contributed by atoms with van der Waals surface area (Å²) in [6, 6.07) is 3.51. The molecule has 0 bridgehead atoms. The van der Waals surface area contributed by atoms with Crippen LogP contribution in [0.3, 0.4) is 0 Å². The lowest BCUT2D eigenvalue weighted by molar-refractivity contribution is -0.136. The topological polar surface area (TPSA) is 65.0 Å². The molecule has 0 amide bonds. The molecule has 0 fully saturated rings. The summed E-state index contributed by atoms with van der Waals surface area (Å²) in [6.07, 6.45) is 0.491. The maximum Gasteiger partial charge on any atom is 0.303 e. The van der Waals surface area contributed by atoms with Gasteiger partial charge in [-0.1, -0.05) is 13.8 Å². The molecule has 1 N–H and O–H groups in total. The highest BCUT2D eigenvalue weighted by molar-refractivity contribution is 5.67. The van der Waals surface area contributed by atoms with Gasteiger partial charge in [0.1, 0.15) is 0 Å². The molecule has 0 aliphatic rings. The molecule has 5 nitrogen and oxygen atoms in total. The molecule has 0 aromatic heterocycles. The fourth-order valence-electron chi connectivity index (χ4n) is 1.53. The van der Waals surface area contributed by atoms with Crippen molar-refractivity contribution >= 4 is 5.97 Å². The van der Waals surface area contributed by atoms with Crippen molar-refractivity contribution in [1.82, 2.24) is 0 Å². The van der Waals surface area contributed by atoms with Gasteiger partial charge in [0, 0.05) is 6.42 Å². The predicted molar refractivity (Wildman–Crippen MR) is 73.4 cm³/mol. The van der Waals surface area contributed by atoms with E-state index in [1.165, 1.54) is 21.3 Å². The van der Waals surface area contributed by atoms with Crippen LogP contribution in [0.5, 0.6) is 17.2 Å². The SMILES string of the molecule is CC.COc1cc(CCC(=O)O)cc(OC)c1OC. The van der Waals surface area contributed by atoms with Gasteiger partial charge >= 0.3 is 5.97 Å². The summed E-state index contributed by atoms with van der Waals surface area (Å²) in [5.41, 5.74) is 0.835. The van der Waals surface area contributed by atoms with Gasteiger partial charge in [-0.05, 0) is 24.1 Å². The van der Waals surface area contributed by atoms with E-state index in [1.807, 2.05) is 13.8 Å². The van der Waals surface area contributed by atoms with Crippen LogP contribution in [0, 0.1) is 0 Å². The van der Waals surface area contributed by atoms with E-state index in [1.54, 1.807) is 12.1 Å². The van der Waals surface area contributed by atoms with Crippen LogP contribution in [0.15, 0.2) is 12.1 Å². The molecule has 1 aromatic rings. The minimum atomic E-state index is -0.834. The van der Waals surface area contributed by atoms with E-state index in [9.17, 15) is 4.79 Å². The quantitative estimate of drug-likeness (QED) is 0.861. The zero-order valence-corrected chi connectivity index (χ0v) is 12.1. The Hall–Kier alpha value is -1.91. The van der Waals surface area contributed by atoms with Gasteiger partial charge in [0.25, 0.3) is 0 Å². The molecule has 0 heterocycles. The molecule has 0 aliphatic carbocycles. The number of carboxylic acids is 1. The van der Waals surface area contributed by atoms with Gasteiger partial charge < -0.3 is 19.3 Å². The molecule has 0 spiro atoms. The number of aryl methyl sites for hydroxylation is 1. The van der Waals surface area contributed by atoms with Crippen LogP contribution >= 0.6 is 0 Å². The molecule has 1 rings (SSSR count). The molecule has 0 radical (unpaired) electrons. The smallest absolute Gasteiger partial charge is 0.303 e. The maximum atomic E-state index is 10.5. The number of aliphatic carboxylic acids is 1. The summed E-state index contributed by atoms with van der Waals surface area (Å²) >= 11 is 0. The summed E-state index contributed by atoms with van der Waals surface area (Å²) in [5, 5.41) is 8.64. The maximum absolute atomic E-state index is 10.5. The van der Waals surface area contributed by atoms with Crippen LogP contribution in [0.1, 0.15) is 25.8 Å². The highest BCUT2D eigenvalue weighted by atomic mass is 16.5. The van der Waals surface area contributed by atoms with Crippen molar-refractivity contribution in [3.8, 4) is 17.2 Å². The minimum absolute atomic E-state index is 0.0681. The average Bonchev–Trinajstić information content (AvgIpc) is 2.45. The van der Waals surface area contributed by atoms with Gasteiger partial charge in [-0.2, -0.15) is 0 Å².